The molecule has 2 rings (SSSR count). The second-order valence-electron chi connectivity index (χ2n) is 7.89. The Morgan fingerprint density at radius 1 is 1.26 bits per heavy atom. The molecule has 0 saturated carbocycles. The third kappa shape index (κ3) is 7.38. The van der Waals surface area contributed by atoms with Crippen LogP contribution in [-0.2, 0) is 20.5 Å². The predicted octanol–water partition coefficient (Wildman–Crippen LogP) is 2.76. The zero-order chi connectivity index (χ0) is 20.1. The number of piperidine rings is 1. The number of methoxy groups -OCH3 is 1. The van der Waals surface area contributed by atoms with Crippen LogP contribution < -0.4 is 9.46 Å². The van der Waals surface area contributed by atoms with Crippen LogP contribution in [0.2, 0.25) is 0 Å². The number of sulfonamides is 1. The van der Waals surface area contributed by atoms with Crippen LogP contribution >= 0.6 is 0 Å². The first kappa shape index (κ1) is 21.5. The van der Waals surface area contributed by atoms with Crippen molar-refractivity contribution in [3.63, 3.8) is 0 Å². The molecule has 0 unspecified atom stereocenters. The standard InChI is InChI=1S/C19H30N2O5S/c1-19(2,3)26-18(22)21-11-5-6-16(13-21)12-20-27(23,24)14-15-7-9-17(25-4)10-8-15/h7-10,16,20H,5-6,11-14H2,1-4H3/t16-/m1/s1. The van der Waals surface area contributed by atoms with Crippen LogP contribution in [0, 0.1) is 5.92 Å². The first-order chi connectivity index (χ1) is 12.6. The van der Waals surface area contributed by atoms with Crippen molar-refractivity contribution in [2.24, 2.45) is 5.92 Å². The summed E-state index contributed by atoms with van der Waals surface area (Å²) >= 11 is 0. The van der Waals surface area contributed by atoms with Gasteiger partial charge < -0.3 is 14.4 Å². The average Bonchev–Trinajstić information content (AvgIpc) is 2.59. The van der Waals surface area contributed by atoms with E-state index in [1.54, 1.807) is 36.3 Å². The monoisotopic (exact) mass is 398 g/mol. The first-order valence-electron chi connectivity index (χ1n) is 9.16. The molecule has 8 heteroatoms. The minimum Gasteiger partial charge on any atom is -0.497 e. The molecule has 1 saturated heterocycles. The fourth-order valence-corrected chi connectivity index (χ4v) is 4.18. The van der Waals surface area contributed by atoms with E-state index < -0.39 is 15.6 Å². The SMILES string of the molecule is COc1ccc(CS(=O)(=O)NC[C@H]2CCCN(C(=O)OC(C)(C)C)C2)cc1. The summed E-state index contributed by atoms with van der Waals surface area (Å²) < 4.78 is 37.9. The molecule has 0 bridgehead atoms. The Kier molecular flexibility index (Phi) is 7.11. The summed E-state index contributed by atoms with van der Waals surface area (Å²) in [6.07, 6.45) is 1.38. The number of likely N-dealkylation sites (tertiary alicyclic amines) is 1. The molecule has 1 atom stereocenters. The van der Waals surface area contributed by atoms with Gasteiger partial charge in [-0.2, -0.15) is 0 Å². The number of hydrogen-bond donors (Lipinski definition) is 1. The Morgan fingerprint density at radius 3 is 2.52 bits per heavy atom. The lowest BCUT2D eigenvalue weighted by Gasteiger charge is -2.34. The van der Waals surface area contributed by atoms with E-state index in [9.17, 15) is 13.2 Å². The Bertz CT molecular complexity index is 725. The summed E-state index contributed by atoms with van der Waals surface area (Å²) in [5.74, 6) is 0.685. The molecule has 152 valence electrons. The van der Waals surface area contributed by atoms with Crippen LogP contribution in [0.3, 0.4) is 0 Å². The highest BCUT2D eigenvalue weighted by atomic mass is 32.2. The lowest BCUT2D eigenvalue weighted by atomic mass is 9.99. The largest absolute Gasteiger partial charge is 0.497 e. The molecule has 1 aromatic rings. The van der Waals surface area contributed by atoms with E-state index in [4.69, 9.17) is 9.47 Å². The van der Waals surface area contributed by atoms with Gasteiger partial charge >= 0.3 is 6.09 Å². The molecule has 1 fully saturated rings. The van der Waals surface area contributed by atoms with Crippen LogP contribution in [-0.4, -0.2) is 51.8 Å². The molecular weight excluding hydrogens is 368 g/mol. The van der Waals surface area contributed by atoms with Crippen molar-refractivity contribution in [2.45, 2.75) is 45.0 Å². The lowest BCUT2D eigenvalue weighted by Crippen LogP contribution is -2.45. The van der Waals surface area contributed by atoms with Crippen LogP contribution in [0.1, 0.15) is 39.2 Å². The van der Waals surface area contributed by atoms with Gasteiger partial charge in [0.1, 0.15) is 11.4 Å². The van der Waals surface area contributed by atoms with Gasteiger partial charge in [0.2, 0.25) is 10.0 Å². The number of rotatable bonds is 6. The van der Waals surface area contributed by atoms with Crippen LogP contribution in [0.15, 0.2) is 24.3 Å². The summed E-state index contributed by atoms with van der Waals surface area (Å²) in [4.78, 5) is 13.9. The van der Waals surface area contributed by atoms with E-state index >= 15 is 0 Å². The van der Waals surface area contributed by atoms with Crippen molar-refractivity contribution < 1.29 is 22.7 Å². The fraction of sp³-hybridized carbons (Fsp3) is 0.632. The third-order valence-corrected chi connectivity index (χ3v) is 5.60. The van der Waals surface area contributed by atoms with E-state index in [-0.39, 0.29) is 17.8 Å². The molecule has 1 aliphatic rings. The maximum absolute atomic E-state index is 12.4. The maximum atomic E-state index is 12.4. The molecular formula is C19H30N2O5S. The van der Waals surface area contributed by atoms with E-state index in [1.807, 2.05) is 20.8 Å². The number of nitrogens with one attached hydrogen (secondary N) is 1. The molecule has 7 nitrogen and oxygen atoms in total. The molecule has 1 amide bonds. The van der Waals surface area contributed by atoms with Gasteiger partial charge in [0.15, 0.2) is 0 Å². The van der Waals surface area contributed by atoms with Gasteiger partial charge in [0, 0.05) is 19.6 Å². The van der Waals surface area contributed by atoms with E-state index in [2.05, 4.69) is 4.72 Å². The number of carbonyl (C=O) groups is 1. The molecule has 0 spiro atoms. The number of benzene rings is 1. The van der Waals surface area contributed by atoms with Crippen LogP contribution in [0.5, 0.6) is 5.75 Å². The molecule has 27 heavy (non-hydrogen) atoms. The van der Waals surface area contributed by atoms with E-state index in [0.29, 0.717) is 30.9 Å². The summed E-state index contributed by atoms with van der Waals surface area (Å²) in [6.45, 7) is 6.96. The van der Waals surface area contributed by atoms with Gasteiger partial charge in [-0.3, -0.25) is 0 Å². The number of carbonyl (C=O) groups excluding carboxylic acids is 1. The van der Waals surface area contributed by atoms with Gasteiger partial charge in [-0.25, -0.2) is 17.9 Å². The highest BCUT2D eigenvalue weighted by Gasteiger charge is 2.28. The second-order valence-corrected chi connectivity index (χ2v) is 9.70. The predicted molar refractivity (Wildman–Crippen MR) is 104 cm³/mol. The van der Waals surface area contributed by atoms with Gasteiger partial charge in [0.25, 0.3) is 0 Å². The molecule has 1 aromatic carbocycles. The van der Waals surface area contributed by atoms with E-state index in [1.165, 1.54) is 0 Å². The van der Waals surface area contributed by atoms with Gasteiger partial charge in [-0.05, 0) is 57.2 Å². The topological polar surface area (TPSA) is 84.9 Å². The Labute approximate surface area is 162 Å². The summed E-state index contributed by atoms with van der Waals surface area (Å²) in [5.41, 5.74) is 0.159. The van der Waals surface area contributed by atoms with E-state index in [0.717, 1.165) is 12.8 Å². The minimum atomic E-state index is -3.45. The smallest absolute Gasteiger partial charge is 0.410 e. The summed E-state index contributed by atoms with van der Waals surface area (Å²) in [5, 5.41) is 0. The Morgan fingerprint density at radius 2 is 1.93 bits per heavy atom. The average molecular weight is 399 g/mol. The molecule has 0 aromatic heterocycles. The zero-order valence-electron chi connectivity index (χ0n) is 16.5. The third-order valence-electron chi connectivity index (χ3n) is 4.28. The quantitative estimate of drug-likeness (QED) is 0.796. The summed E-state index contributed by atoms with van der Waals surface area (Å²) in [6, 6.07) is 6.96. The summed E-state index contributed by atoms with van der Waals surface area (Å²) in [7, 11) is -1.88. The highest BCUT2D eigenvalue weighted by molar-refractivity contribution is 7.88. The Hall–Kier alpha value is -1.80. The fourth-order valence-electron chi connectivity index (χ4n) is 2.96. The minimum absolute atomic E-state index is 0.0805. The van der Waals surface area contributed by atoms with Crippen molar-refractivity contribution in [1.29, 1.82) is 0 Å². The molecule has 0 aliphatic carbocycles. The normalized spacial score (nSPS) is 18.2. The van der Waals surface area contributed by atoms with Crippen molar-refractivity contribution in [3.05, 3.63) is 29.8 Å². The van der Waals surface area contributed by atoms with Crippen LogP contribution in [0.4, 0.5) is 4.79 Å². The van der Waals surface area contributed by atoms with Gasteiger partial charge in [-0.15, -0.1) is 0 Å². The Balaban J connectivity index is 1.85. The van der Waals surface area contributed by atoms with Crippen molar-refractivity contribution >= 4 is 16.1 Å². The van der Waals surface area contributed by atoms with Gasteiger partial charge in [-0.1, -0.05) is 12.1 Å². The highest BCUT2D eigenvalue weighted by Crippen LogP contribution is 2.19. The lowest BCUT2D eigenvalue weighted by molar-refractivity contribution is 0.0169. The van der Waals surface area contributed by atoms with Crippen molar-refractivity contribution in [1.82, 2.24) is 9.62 Å². The molecule has 1 heterocycles. The maximum Gasteiger partial charge on any atom is 0.410 e. The first-order valence-corrected chi connectivity index (χ1v) is 10.8. The number of hydrogen-bond acceptors (Lipinski definition) is 5. The van der Waals surface area contributed by atoms with Gasteiger partial charge in [0.05, 0.1) is 12.9 Å². The molecule has 0 radical (unpaired) electrons. The number of ether oxygens (including phenoxy) is 2. The van der Waals surface area contributed by atoms with Crippen molar-refractivity contribution in [3.8, 4) is 5.75 Å². The molecule has 1 aliphatic heterocycles. The number of amides is 1. The molecule has 1 N–H and O–H groups in total. The zero-order valence-corrected chi connectivity index (χ0v) is 17.3. The van der Waals surface area contributed by atoms with Crippen LogP contribution in [0.25, 0.3) is 0 Å². The van der Waals surface area contributed by atoms with Crippen molar-refractivity contribution in [2.75, 3.05) is 26.7 Å². The second kappa shape index (κ2) is 8.93. The number of nitrogens with zero attached hydrogens (tertiary/aromatic N) is 1.